The Kier molecular flexibility index (Phi) is 15.8. The standard InChI is InChI=1S/C103H97BN6/c1-98(2,3)66-38-47-87-79(51-66)80-52-67(99(4,5)6)39-48-88(80)107(87)73-43-45-83-92(60-73)109(91-59-72(42-37-65(91)62-105)106-85-35-27-25-33-75(85)76-34-26-28-36-86(76)106)94-57-71(103(16,17)18)58-95-96(94)104(83)84-46-44-74(108-89-49-40-68(100(7,8)9)53-81(89)82-54-69(101(10,11)12)41-50-90(82)108)61-93(84)110(95)97-77(63-29-21-19-22-30-63)55-70(102(13,14)15)56-78(97)64-31-23-20-24-32-64/h19-61H,1-18H3. The topological polar surface area (TPSA) is 45.1 Å². The summed E-state index contributed by atoms with van der Waals surface area (Å²) in [7, 11) is 0. The molecule has 2 aliphatic rings. The van der Waals surface area contributed by atoms with Gasteiger partial charge in [0.05, 0.1) is 50.0 Å². The van der Waals surface area contributed by atoms with Crippen LogP contribution in [0.5, 0.6) is 0 Å². The fraction of sp³-hybridized carbons (Fsp3) is 0.233. The SMILES string of the molecule is CC(C)(C)c1cc(-c2ccccc2)c(N2c3cc(-n4c5ccc(C(C)(C)C)cc5c5cc(C(C)(C)C)ccc54)ccc3B3c4ccc(-n5c6ccc(C(C)(C)C)cc6c6cc(C(C)(C)C)ccc65)cc4N(c4cc(-n5c6ccccc6c6ccccc65)ccc4C#N)c4cc(C(C)(C)C)cc2c43)c(-c2ccccc2)c1. The predicted octanol–water partition coefficient (Wildman–Crippen LogP) is 26.1. The van der Waals surface area contributed by atoms with E-state index >= 15 is 0 Å². The maximum absolute atomic E-state index is 12.1. The largest absolute Gasteiger partial charge is 0.310 e. The number of nitrogens with zero attached hydrogens (tertiary/aromatic N) is 6. The molecular weight excluding hydrogens is 1330 g/mol. The van der Waals surface area contributed by atoms with Gasteiger partial charge in [-0.25, -0.2) is 0 Å². The lowest BCUT2D eigenvalue weighted by Gasteiger charge is -2.46. The van der Waals surface area contributed by atoms with Crippen molar-refractivity contribution in [2.45, 2.75) is 157 Å². The van der Waals surface area contributed by atoms with Crippen LogP contribution >= 0.6 is 0 Å². The van der Waals surface area contributed by atoms with Crippen molar-refractivity contribution in [2.75, 3.05) is 9.80 Å². The van der Waals surface area contributed by atoms with Gasteiger partial charge in [-0.05, 0) is 221 Å². The highest BCUT2D eigenvalue weighted by atomic mass is 15.2. The van der Waals surface area contributed by atoms with E-state index in [9.17, 15) is 5.26 Å². The number of fused-ring (bicyclic) bond motifs is 13. The summed E-state index contributed by atoms with van der Waals surface area (Å²) in [5, 5.41) is 19.4. The normalized spacial score (nSPS) is 13.5. The summed E-state index contributed by atoms with van der Waals surface area (Å²) >= 11 is 0. The molecule has 0 amide bonds. The second kappa shape index (κ2) is 24.7. The molecule has 110 heavy (non-hydrogen) atoms. The molecule has 6 nitrogen and oxygen atoms in total. The van der Waals surface area contributed by atoms with Crippen LogP contribution in [0.25, 0.3) is 105 Å². The van der Waals surface area contributed by atoms with Gasteiger partial charge in [0.1, 0.15) is 6.07 Å². The Balaban J connectivity index is 1.00. The number of para-hydroxylation sites is 2. The molecule has 5 heterocycles. The van der Waals surface area contributed by atoms with E-state index in [4.69, 9.17) is 0 Å². The van der Waals surface area contributed by atoms with Crippen LogP contribution in [-0.4, -0.2) is 20.4 Å². The molecule has 16 aromatic rings. The van der Waals surface area contributed by atoms with Gasteiger partial charge in [-0.2, -0.15) is 5.26 Å². The van der Waals surface area contributed by atoms with Gasteiger partial charge < -0.3 is 23.5 Å². The van der Waals surface area contributed by atoms with Gasteiger partial charge in [0.2, 0.25) is 0 Å². The molecule has 13 aromatic carbocycles. The van der Waals surface area contributed by atoms with E-state index in [1.165, 1.54) is 87.7 Å². The van der Waals surface area contributed by atoms with Crippen LogP contribution in [-0.2, 0) is 32.5 Å². The zero-order chi connectivity index (χ0) is 76.8. The molecule has 0 radical (unpaired) electrons. The van der Waals surface area contributed by atoms with Crippen LogP contribution in [0.3, 0.4) is 0 Å². The minimum Gasteiger partial charge on any atom is -0.310 e. The van der Waals surface area contributed by atoms with Crippen LogP contribution < -0.4 is 26.2 Å². The number of hydrogen-bond donors (Lipinski definition) is 0. The Morgan fingerprint density at radius 2 is 0.582 bits per heavy atom. The van der Waals surface area contributed by atoms with Gasteiger partial charge in [-0.3, -0.25) is 0 Å². The van der Waals surface area contributed by atoms with Gasteiger partial charge in [-0.15, -0.1) is 0 Å². The van der Waals surface area contributed by atoms with Gasteiger partial charge in [-0.1, -0.05) is 258 Å². The highest BCUT2D eigenvalue weighted by molar-refractivity contribution is 7.00. The lowest BCUT2D eigenvalue weighted by Crippen LogP contribution is -2.61. The van der Waals surface area contributed by atoms with Crippen molar-refractivity contribution < 1.29 is 0 Å². The number of nitriles is 1. The minimum absolute atomic E-state index is 0.0715. The van der Waals surface area contributed by atoms with Crippen LogP contribution in [0.15, 0.2) is 261 Å². The Morgan fingerprint density at radius 1 is 0.264 bits per heavy atom. The monoisotopic (exact) mass is 1430 g/mol. The Bertz CT molecular complexity index is 6290. The zero-order valence-electron chi connectivity index (χ0n) is 67.1. The van der Waals surface area contributed by atoms with E-state index in [0.29, 0.717) is 5.56 Å². The summed E-state index contributed by atoms with van der Waals surface area (Å²) in [4.78, 5) is 5.20. The first-order valence-corrected chi connectivity index (χ1v) is 39.4. The third-order valence-corrected chi connectivity index (χ3v) is 24.0. The molecule has 0 aliphatic carbocycles. The van der Waals surface area contributed by atoms with E-state index in [1.807, 2.05) is 0 Å². The van der Waals surface area contributed by atoms with Gasteiger partial charge in [0.15, 0.2) is 0 Å². The van der Waals surface area contributed by atoms with E-state index in [-0.39, 0.29) is 39.2 Å². The highest BCUT2D eigenvalue weighted by Gasteiger charge is 2.46. The summed E-state index contributed by atoms with van der Waals surface area (Å²) in [6, 6.07) is 103. The average Bonchev–Trinajstić information content (AvgIpc) is 0.840. The maximum Gasteiger partial charge on any atom is 0.252 e. The van der Waals surface area contributed by atoms with Crippen LogP contribution in [0.1, 0.15) is 164 Å². The molecule has 18 rings (SSSR count). The first-order chi connectivity index (χ1) is 52.3. The van der Waals surface area contributed by atoms with Gasteiger partial charge >= 0.3 is 0 Å². The molecule has 0 unspecified atom stereocenters. The number of benzene rings is 13. The zero-order valence-corrected chi connectivity index (χ0v) is 67.1. The van der Waals surface area contributed by atoms with Crippen molar-refractivity contribution in [1.82, 2.24) is 13.7 Å². The first kappa shape index (κ1) is 70.1. The van der Waals surface area contributed by atoms with E-state index in [0.717, 1.165) is 101 Å². The quantitative estimate of drug-likeness (QED) is 0.149. The molecule has 0 fully saturated rings. The summed E-state index contributed by atoms with van der Waals surface area (Å²) in [5.41, 5.74) is 31.4. The summed E-state index contributed by atoms with van der Waals surface area (Å²) in [6.45, 7) is 41.7. The van der Waals surface area contributed by atoms with E-state index < -0.39 is 0 Å². The van der Waals surface area contributed by atoms with Crippen molar-refractivity contribution in [3.63, 3.8) is 0 Å². The Hall–Kier alpha value is -11.6. The van der Waals surface area contributed by atoms with Crippen molar-refractivity contribution in [3.05, 3.63) is 300 Å². The smallest absolute Gasteiger partial charge is 0.252 e. The number of aromatic nitrogens is 3. The third-order valence-electron chi connectivity index (χ3n) is 24.0. The molecule has 0 saturated carbocycles. The number of rotatable bonds is 7. The molecule has 0 N–H and O–H groups in total. The summed E-state index contributed by atoms with van der Waals surface area (Å²) in [6.07, 6.45) is 0. The second-order valence-electron chi connectivity index (χ2n) is 37.5. The van der Waals surface area contributed by atoms with E-state index in [2.05, 4.69) is 415 Å². The molecule has 2 aliphatic heterocycles. The average molecular weight is 1430 g/mol. The molecule has 542 valence electrons. The highest BCUT2D eigenvalue weighted by Crippen LogP contribution is 2.54. The molecule has 0 spiro atoms. The third kappa shape index (κ3) is 11.2. The van der Waals surface area contributed by atoms with Gasteiger partial charge in [0, 0.05) is 83.3 Å². The fourth-order valence-corrected chi connectivity index (χ4v) is 17.8. The lowest BCUT2D eigenvalue weighted by atomic mass is 9.33. The molecule has 0 atom stereocenters. The van der Waals surface area contributed by atoms with Crippen LogP contribution in [0.2, 0.25) is 0 Å². The molecular formula is C103H97BN6. The van der Waals surface area contributed by atoms with Gasteiger partial charge in [0.25, 0.3) is 6.71 Å². The fourth-order valence-electron chi connectivity index (χ4n) is 17.8. The van der Waals surface area contributed by atoms with Crippen molar-refractivity contribution in [3.8, 4) is 45.4 Å². The number of hydrogen-bond acceptors (Lipinski definition) is 3. The summed E-state index contributed by atoms with van der Waals surface area (Å²) < 4.78 is 7.45. The Labute approximate surface area is 649 Å². The maximum atomic E-state index is 12.1. The predicted molar refractivity (Wildman–Crippen MR) is 471 cm³/mol. The first-order valence-electron chi connectivity index (χ1n) is 39.4. The van der Waals surface area contributed by atoms with Crippen molar-refractivity contribution in [2.24, 2.45) is 0 Å². The van der Waals surface area contributed by atoms with Crippen LogP contribution in [0, 0.1) is 11.3 Å². The molecule has 0 bridgehead atoms. The van der Waals surface area contributed by atoms with Crippen LogP contribution in [0.4, 0.5) is 34.1 Å². The lowest BCUT2D eigenvalue weighted by molar-refractivity contribution is 0.590. The van der Waals surface area contributed by atoms with Crippen molar-refractivity contribution >= 4 is 123 Å². The number of anilines is 6. The molecule has 7 heteroatoms. The minimum atomic E-state index is -0.381. The Morgan fingerprint density at radius 3 is 0.955 bits per heavy atom. The van der Waals surface area contributed by atoms with E-state index in [1.54, 1.807) is 0 Å². The second-order valence-corrected chi connectivity index (χ2v) is 37.5. The molecule has 0 saturated heterocycles. The summed E-state index contributed by atoms with van der Waals surface area (Å²) in [5.74, 6) is 0. The van der Waals surface area contributed by atoms with Crippen molar-refractivity contribution in [1.29, 1.82) is 5.26 Å². The molecule has 3 aromatic heterocycles.